The van der Waals surface area contributed by atoms with Gasteiger partial charge in [-0.2, -0.15) is 0 Å². The molecular formula is C17H27NO. The van der Waals surface area contributed by atoms with E-state index in [1.165, 1.54) is 18.4 Å². The lowest BCUT2D eigenvalue weighted by atomic mass is 9.78. The van der Waals surface area contributed by atoms with Gasteiger partial charge in [0.15, 0.2) is 0 Å². The summed E-state index contributed by atoms with van der Waals surface area (Å²) in [5, 5.41) is 3.63. The zero-order valence-electron chi connectivity index (χ0n) is 12.7. The van der Waals surface area contributed by atoms with E-state index in [1.807, 2.05) is 0 Å². The lowest BCUT2D eigenvalue weighted by molar-refractivity contribution is 0.236. The third-order valence-corrected chi connectivity index (χ3v) is 4.12. The number of benzene rings is 1. The summed E-state index contributed by atoms with van der Waals surface area (Å²) in [7, 11) is 0. The quantitative estimate of drug-likeness (QED) is 0.789. The van der Waals surface area contributed by atoms with Crippen LogP contribution in [0.5, 0.6) is 5.75 Å². The van der Waals surface area contributed by atoms with E-state index < -0.39 is 0 Å². The zero-order valence-corrected chi connectivity index (χ0v) is 12.7. The fourth-order valence-corrected chi connectivity index (χ4v) is 2.40. The van der Waals surface area contributed by atoms with Crippen LogP contribution >= 0.6 is 0 Å². The Labute approximate surface area is 117 Å². The molecule has 1 atom stereocenters. The molecule has 1 N–H and O–H groups in total. The molecule has 1 aromatic rings. The van der Waals surface area contributed by atoms with Gasteiger partial charge < -0.3 is 10.1 Å². The monoisotopic (exact) mass is 261 g/mol. The first-order valence-corrected chi connectivity index (χ1v) is 7.57. The molecule has 1 fully saturated rings. The van der Waals surface area contributed by atoms with Gasteiger partial charge in [-0.3, -0.25) is 0 Å². The second kappa shape index (κ2) is 5.96. The van der Waals surface area contributed by atoms with Crippen LogP contribution in [0, 0.1) is 5.41 Å². The van der Waals surface area contributed by atoms with E-state index in [2.05, 4.69) is 57.3 Å². The van der Waals surface area contributed by atoms with Crippen molar-refractivity contribution in [2.24, 2.45) is 5.41 Å². The molecule has 0 saturated heterocycles. The van der Waals surface area contributed by atoms with Crippen molar-refractivity contribution in [3.63, 3.8) is 0 Å². The highest BCUT2D eigenvalue weighted by Gasteiger charge is 2.29. The third-order valence-electron chi connectivity index (χ3n) is 4.12. The van der Waals surface area contributed by atoms with E-state index >= 15 is 0 Å². The number of hydrogen-bond donors (Lipinski definition) is 1. The van der Waals surface area contributed by atoms with Gasteiger partial charge in [-0.05, 0) is 48.9 Å². The molecule has 2 nitrogen and oxygen atoms in total. The summed E-state index contributed by atoms with van der Waals surface area (Å²) >= 11 is 0. The molecule has 1 saturated carbocycles. The van der Waals surface area contributed by atoms with Crippen molar-refractivity contribution in [1.82, 2.24) is 5.32 Å². The number of rotatable bonds is 7. The second-order valence-electron chi connectivity index (χ2n) is 6.22. The molecule has 0 heterocycles. The van der Waals surface area contributed by atoms with Crippen LogP contribution in [0.25, 0.3) is 0 Å². The third kappa shape index (κ3) is 3.73. The Morgan fingerprint density at radius 3 is 2.63 bits per heavy atom. The standard InChI is InChI=1S/C17H27NO/c1-5-17(3,4)16(18-6-2)13-8-7-9-15(12-13)19-14-10-11-14/h7-9,12,14,16,18H,5-6,10-11H2,1-4H3. The minimum absolute atomic E-state index is 0.244. The van der Waals surface area contributed by atoms with Gasteiger partial charge in [0.05, 0.1) is 6.10 Å². The summed E-state index contributed by atoms with van der Waals surface area (Å²) in [4.78, 5) is 0. The number of ether oxygens (including phenoxy) is 1. The van der Waals surface area contributed by atoms with Crippen LogP contribution in [-0.4, -0.2) is 12.6 Å². The fourth-order valence-electron chi connectivity index (χ4n) is 2.40. The zero-order chi connectivity index (χ0) is 13.9. The van der Waals surface area contributed by atoms with Crippen molar-refractivity contribution in [3.05, 3.63) is 29.8 Å². The second-order valence-corrected chi connectivity index (χ2v) is 6.22. The van der Waals surface area contributed by atoms with Gasteiger partial charge >= 0.3 is 0 Å². The Hall–Kier alpha value is -1.02. The maximum Gasteiger partial charge on any atom is 0.120 e. The molecule has 0 aliphatic heterocycles. The average molecular weight is 261 g/mol. The molecule has 2 heteroatoms. The topological polar surface area (TPSA) is 21.3 Å². The molecule has 0 radical (unpaired) electrons. The highest BCUT2D eigenvalue weighted by Crippen LogP contribution is 2.37. The summed E-state index contributed by atoms with van der Waals surface area (Å²) in [6.45, 7) is 10.1. The molecule has 2 rings (SSSR count). The number of hydrogen-bond acceptors (Lipinski definition) is 2. The summed E-state index contributed by atoms with van der Waals surface area (Å²) in [6.07, 6.45) is 4.04. The van der Waals surface area contributed by atoms with Gasteiger partial charge in [-0.25, -0.2) is 0 Å². The van der Waals surface area contributed by atoms with E-state index in [1.54, 1.807) is 0 Å². The lowest BCUT2D eigenvalue weighted by Crippen LogP contribution is -2.33. The largest absolute Gasteiger partial charge is 0.490 e. The Balaban J connectivity index is 2.19. The predicted molar refractivity (Wildman–Crippen MR) is 80.6 cm³/mol. The molecule has 1 unspecified atom stereocenters. The normalized spacial score (nSPS) is 17.3. The molecule has 0 amide bonds. The summed E-state index contributed by atoms with van der Waals surface area (Å²) in [6, 6.07) is 8.99. The van der Waals surface area contributed by atoms with Crippen molar-refractivity contribution in [2.75, 3.05) is 6.54 Å². The van der Waals surface area contributed by atoms with Gasteiger partial charge in [0.2, 0.25) is 0 Å². The van der Waals surface area contributed by atoms with Crippen LogP contribution in [0.1, 0.15) is 58.6 Å². The molecule has 106 valence electrons. The van der Waals surface area contributed by atoms with Gasteiger partial charge in [0.25, 0.3) is 0 Å². The van der Waals surface area contributed by atoms with E-state index in [0.29, 0.717) is 12.1 Å². The van der Waals surface area contributed by atoms with Crippen LogP contribution < -0.4 is 10.1 Å². The molecule has 0 aromatic heterocycles. The highest BCUT2D eigenvalue weighted by molar-refractivity contribution is 5.32. The van der Waals surface area contributed by atoms with Crippen molar-refractivity contribution in [1.29, 1.82) is 0 Å². The van der Waals surface area contributed by atoms with Crippen LogP contribution in [0.2, 0.25) is 0 Å². The predicted octanol–water partition coefficient (Wildman–Crippen LogP) is 4.31. The van der Waals surface area contributed by atoms with Crippen LogP contribution in [0.3, 0.4) is 0 Å². The van der Waals surface area contributed by atoms with Gasteiger partial charge in [-0.1, -0.05) is 39.8 Å². The molecule has 19 heavy (non-hydrogen) atoms. The minimum atomic E-state index is 0.244. The highest BCUT2D eigenvalue weighted by atomic mass is 16.5. The van der Waals surface area contributed by atoms with Crippen LogP contribution in [0.4, 0.5) is 0 Å². The first-order valence-electron chi connectivity index (χ1n) is 7.57. The van der Waals surface area contributed by atoms with E-state index in [0.717, 1.165) is 18.7 Å². The lowest BCUT2D eigenvalue weighted by Gasteiger charge is -2.34. The van der Waals surface area contributed by atoms with Crippen LogP contribution in [0.15, 0.2) is 24.3 Å². The van der Waals surface area contributed by atoms with Gasteiger partial charge in [0.1, 0.15) is 5.75 Å². The summed E-state index contributed by atoms with van der Waals surface area (Å²) in [5.41, 5.74) is 1.58. The average Bonchev–Trinajstić information content (AvgIpc) is 3.20. The Morgan fingerprint density at radius 2 is 2.05 bits per heavy atom. The molecule has 0 spiro atoms. The Bertz CT molecular complexity index is 409. The first kappa shape index (κ1) is 14.4. The Morgan fingerprint density at radius 1 is 1.32 bits per heavy atom. The number of nitrogens with one attached hydrogen (secondary N) is 1. The maximum atomic E-state index is 5.91. The van der Waals surface area contributed by atoms with Crippen LogP contribution in [-0.2, 0) is 0 Å². The molecule has 1 aliphatic carbocycles. The summed E-state index contributed by atoms with van der Waals surface area (Å²) < 4.78 is 5.91. The van der Waals surface area contributed by atoms with Crippen molar-refractivity contribution in [2.45, 2.75) is 59.1 Å². The molecular weight excluding hydrogens is 234 g/mol. The van der Waals surface area contributed by atoms with Crippen molar-refractivity contribution >= 4 is 0 Å². The molecule has 1 aliphatic rings. The first-order chi connectivity index (χ1) is 9.06. The van der Waals surface area contributed by atoms with E-state index in [9.17, 15) is 0 Å². The summed E-state index contributed by atoms with van der Waals surface area (Å²) in [5.74, 6) is 1.02. The minimum Gasteiger partial charge on any atom is -0.490 e. The van der Waals surface area contributed by atoms with Crippen molar-refractivity contribution < 1.29 is 4.74 Å². The van der Waals surface area contributed by atoms with Gasteiger partial charge in [0, 0.05) is 6.04 Å². The molecule has 1 aromatic carbocycles. The smallest absolute Gasteiger partial charge is 0.120 e. The Kier molecular flexibility index (Phi) is 4.51. The van der Waals surface area contributed by atoms with Crippen molar-refractivity contribution in [3.8, 4) is 5.75 Å². The van der Waals surface area contributed by atoms with E-state index in [4.69, 9.17) is 4.74 Å². The maximum absolute atomic E-state index is 5.91. The fraction of sp³-hybridized carbons (Fsp3) is 0.647. The molecule has 0 bridgehead atoms. The SMILES string of the molecule is CCNC(c1cccc(OC2CC2)c1)C(C)(C)CC. The van der Waals surface area contributed by atoms with Gasteiger partial charge in [-0.15, -0.1) is 0 Å². The van der Waals surface area contributed by atoms with E-state index in [-0.39, 0.29) is 5.41 Å².